The molecule has 0 fully saturated rings. The molecule has 25 heavy (non-hydrogen) atoms. The van der Waals surface area contributed by atoms with E-state index in [0.29, 0.717) is 29.3 Å². The van der Waals surface area contributed by atoms with Gasteiger partial charge in [0.25, 0.3) is 0 Å². The number of benzene rings is 1. The summed E-state index contributed by atoms with van der Waals surface area (Å²) in [7, 11) is 1.61. The lowest BCUT2D eigenvalue weighted by atomic mass is 10.3. The molecule has 0 unspecified atom stereocenters. The fourth-order valence-corrected chi connectivity index (χ4v) is 2.51. The molecule has 0 saturated carbocycles. The van der Waals surface area contributed by atoms with Crippen LogP contribution in [0.1, 0.15) is 5.82 Å². The molecule has 4 aromatic rings. The van der Waals surface area contributed by atoms with Crippen LogP contribution in [0.15, 0.2) is 30.5 Å². The summed E-state index contributed by atoms with van der Waals surface area (Å²) in [5.41, 5.74) is 7.31. The monoisotopic (exact) mass is 337 g/mol. The number of hydrogen-bond acceptors (Lipinski definition) is 8. The molecule has 0 aliphatic rings. The van der Waals surface area contributed by atoms with Gasteiger partial charge in [0, 0.05) is 12.1 Å². The molecule has 3 aromatic heterocycles. The third-order valence-electron chi connectivity index (χ3n) is 3.56. The molecule has 0 radical (unpaired) electrons. The number of imidazole rings is 1. The van der Waals surface area contributed by atoms with Crippen molar-refractivity contribution in [1.82, 2.24) is 34.7 Å². The topological polar surface area (TPSA) is 132 Å². The highest BCUT2D eigenvalue weighted by Crippen LogP contribution is 2.27. The Labute approximate surface area is 142 Å². The number of aromatic nitrogens is 7. The largest absolute Gasteiger partial charge is 0.497 e. The van der Waals surface area contributed by atoms with Gasteiger partial charge in [0.2, 0.25) is 17.8 Å². The summed E-state index contributed by atoms with van der Waals surface area (Å²) < 4.78 is 7.04. The van der Waals surface area contributed by atoms with Crippen molar-refractivity contribution in [3.8, 4) is 11.7 Å². The van der Waals surface area contributed by atoms with Crippen molar-refractivity contribution < 1.29 is 4.74 Å². The maximum Gasteiger partial charge on any atom is 0.242 e. The van der Waals surface area contributed by atoms with E-state index < -0.39 is 0 Å². The lowest BCUT2D eigenvalue weighted by Crippen LogP contribution is -2.10. The SMILES string of the molecule is COc1ccc2c(c1)nc(Nc1ccn[nH]1)n2-c1nc(C)nc(N)n1. The maximum atomic E-state index is 5.79. The number of aromatic amines is 1. The van der Waals surface area contributed by atoms with Crippen LogP contribution in [-0.4, -0.2) is 41.8 Å². The Morgan fingerprint density at radius 2 is 2.04 bits per heavy atom. The van der Waals surface area contributed by atoms with Crippen molar-refractivity contribution in [1.29, 1.82) is 0 Å². The smallest absolute Gasteiger partial charge is 0.242 e. The minimum atomic E-state index is 0.144. The Morgan fingerprint density at radius 1 is 1.16 bits per heavy atom. The molecule has 10 nitrogen and oxygen atoms in total. The number of rotatable bonds is 4. The van der Waals surface area contributed by atoms with Crippen molar-refractivity contribution in [2.75, 3.05) is 18.2 Å². The summed E-state index contributed by atoms with van der Waals surface area (Å²) in [6.45, 7) is 1.76. The highest BCUT2D eigenvalue weighted by molar-refractivity contribution is 5.82. The molecule has 0 aliphatic heterocycles. The van der Waals surface area contributed by atoms with Crippen LogP contribution in [0, 0.1) is 6.92 Å². The quantitative estimate of drug-likeness (QED) is 0.511. The minimum Gasteiger partial charge on any atom is -0.497 e. The summed E-state index contributed by atoms with van der Waals surface area (Å²) in [5.74, 6) is 2.94. The molecule has 0 spiro atoms. The third kappa shape index (κ3) is 2.69. The van der Waals surface area contributed by atoms with Gasteiger partial charge < -0.3 is 15.8 Å². The van der Waals surface area contributed by atoms with Crippen LogP contribution < -0.4 is 15.8 Å². The summed E-state index contributed by atoms with van der Waals surface area (Å²) in [6, 6.07) is 7.35. The molecular weight excluding hydrogens is 322 g/mol. The van der Waals surface area contributed by atoms with Gasteiger partial charge in [-0.1, -0.05) is 0 Å². The van der Waals surface area contributed by atoms with Crippen molar-refractivity contribution in [2.24, 2.45) is 0 Å². The number of aryl methyl sites for hydroxylation is 1. The Hall–Kier alpha value is -3.69. The van der Waals surface area contributed by atoms with Gasteiger partial charge in [-0.3, -0.25) is 5.10 Å². The summed E-state index contributed by atoms with van der Waals surface area (Å²) in [5, 5.41) is 9.93. The van der Waals surface area contributed by atoms with E-state index in [4.69, 9.17) is 10.5 Å². The molecular formula is C15H15N9O. The Bertz CT molecular complexity index is 1020. The van der Waals surface area contributed by atoms with Crippen LogP contribution in [0.4, 0.5) is 17.7 Å². The van der Waals surface area contributed by atoms with Crippen LogP contribution in [-0.2, 0) is 0 Å². The number of fused-ring (bicyclic) bond motifs is 1. The van der Waals surface area contributed by atoms with Gasteiger partial charge in [-0.05, 0) is 19.1 Å². The predicted octanol–water partition coefficient (Wildman–Crippen LogP) is 1.58. The molecule has 126 valence electrons. The molecule has 0 amide bonds. The van der Waals surface area contributed by atoms with E-state index in [1.807, 2.05) is 18.2 Å². The normalized spacial score (nSPS) is 11.0. The average Bonchev–Trinajstić information content (AvgIpc) is 3.20. The number of ether oxygens (including phenoxy) is 1. The second-order valence-electron chi connectivity index (χ2n) is 5.26. The first-order valence-corrected chi connectivity index (χ1v) is 7.45. The van der Waals surface area contributed by atoms with Gasteiger partial charge in [0.05, 0.1) is 24.3 Å². The molecule has 0 saturated heterocycles. The second kappa shape index (κ2) is 5.74. The number of nitrogen functional groups attached to an aromatic ring is 1. The third-order valence-corrected chi connectivity index (χ3v) is 3.56. The Morgan fingerprint density at radius 3 is 2.76 bits per heavy atom. The average molecular weight is 337 g/mol. The second-order valence-corrected chi connectivity index (χ2v) is 5.26. The first-order chi connectivity index (χ1) is 12.1. The Kier molecular flexibility index (Phi) is 3.42. The highest BCUT2D eigenvalue weighted by atomic mass is 16.5. The van der Waals surface area contributed by atoms with Crippen molar-refractivity contribution in [3.63, 3.8) is 0 Å². The number of H-pyrrole nitrogens is 1. The zero-order chi connectivity index (χ0) is 17.4. The van der Waals surface area contributed by atoms with E-state index in [0.717, 1.165) is 11.0 Å². The zero-order valence-electron chi connectivity index (χ0n) is 13.6. The molecule has 0 atom stereocenters. The predicted molar refractivity (Wildman–Crippen MR) is 92.0 cm³/mol. The fraction of sp³-hybridized carbons (Fsp3) is 0.133. The van der Waals surface area contributed by atoms with E-state index in [-0.39, 0.29) is 5.95 Å². The minimum absolute atomic E-state index is 0.144. The van der Waals surface area contributed by atoms with E-state index in [1.165, 1.54) is 0 Å². The number of nitrogens with zero attached hydrogens (tertiary/aromatic N) is 6. The number of hydrogen-bond donors (Lipinski definition) is 3. The van der Waals surface area contributed by atoms with Crippen LogP contribution in [0.5, 0.6) is 5.75 Å². The van der Waals surface area contributed by atoms with Crippen molar-refractivity contribution >= 4 is 28.7 Å². The van der Waals surface area contributed by atoms with Gasteiger partial charge in [-0.15, -0.1) is 0 Å². The summed E-state index contributed by atoms with van der Waals surface area (Å²) in [4.78, 5) is 17.3. The van der Waals surface area contributed by atoms with E-state index in [9.17, 15) is 0 Å². The summed E-state index contributed by atoms with van der Waals surface area (Å²) >= 11 is 0. The molecule has 4 N–H and O–H groups in total. The lowest BCUT2D eigenvalue weighted by Gasteiger charge is -2.09. The molecule has 3 heterocycles. The number of nitrogens with two attached hydrogens (primary N) is 1. The highest BCUT2D eigenvalue weighted by Gasteiger charge is 2.17. The molecule has 4 rings (SSSR count). The Balaban J connectivity index is 1.95. The molecule has 10 heteroatoms. The zero-order valence-corrected chi connectivity index (χ0v) is 13.6. The maximum absolute atomic E-state index is 5.79. The molecule has 0 aliphatic carbocycles. The standard InChI is InChI=1S/C15H15N9O/c1-8-18-13(16)22-14(19-8)24-11-4-3-9(25-2)7-10(11)20-15(24)21-12-5-6-17-23-12/h3-7H,1-2H3,(H2,16,18,19,22)(H2,17,20,21,23). The van der Waals surface area contributed by atoms with Crippen molar-refractivity contribution in [3.05, 3.63) is 36.3 Å². The lowest BCUT2D eigenvalue weighted by molar-refractivity contribution is 0.415. The van der Waals surface area contributed by atoms with Crippen LogP contribution in [0.3, 0.4) is 0 Å². The van der Waals surface area contributed by atoms with Crippen LogP contribution >= 0.6 is 0 Å². The van der Waals surface area contributed by atoms with Crippen molar-refractivity contribution in [2.45, 2.75) is 6.92 Å². The van der Waals surface area contributed by atoms with Crippen LogP contribution in [0.2, 0.25) is 0 Å². The first-order valence-electron chi connectivity index (χ1n) is 7.45. The van der Waals surface area contributed by atoms with Gasteiger partial charge >= 0.3 is 0 Å². The molecule has 1 aromatic carbocycles. The number of methoxy groups -OCH3 is 1. The van der Waals surface area contributed by atoms with E-state index in [2.05, 4.69) is 35.5 Å². The fourth-order valence-electron chi connectivity index (χ4n) is 2.51. The van der Waals surface area contributed by atoms with Gasteiger partial charge in [-0.25, -0.2) is 9.55 Å². The van der Waals surface area contributed by atoms with Gasteiger partial charge in [-0.2, -0.15) is 20.1 Å². The molecule has 0 bridgehead atoms. The number of anilines is 3. The van der Waals surface area contributed by atoms with Gasteiger partial charge in [0.15, 0.2) is 0 Å². The number of nitrogens with one attached hydrogen (secondary N) is 2. The first kappa shape index (κ1) is 14.9. The van der Waals surface area contributed by atoms with E-state index >= 15 is 0 Å². The van der Waals surface area contributed by atoms with Gasteiger partial charge in [0.1, 0.15) is 17.4 Å². The van der Waals surface area contributed by atoms with Crippen LogP contribution in [0.25, 0.3) is 17.0 Å². The van der Waals surface area contributed by atoms with E-state index in [1.54, 1.807) is 30.9 Å². The summed E-state index contributed by atoms with van der Waals surface area (Å²) in [6.07, 6.45) is 1.64.